The number of para-hydroxylation sites is 2. The molecule has 0 aliphatic rings. The number of urea groups is 1. The molecular formula is C15H13F3N2O2. The first-order chi connectivity index (χ1) is 10.6. The van der Waals surface area contributed by atoms with E-state index in [0.717, 1.165) is 0 Å². The summed E-state index contributed by atoms with van der Waals surface area (Å²) >= 11 is 0. The number of benzene rings is 2. The highest BCUT2D eigenvalue weighted by molar-refractivity contribution is 5.89. The van der Waals surface area contributed by atoms with Gasteiger partial charge in [0.15, 0.2) is 0 Å². The Hall–Kier alpha value is -2.70. The van der Waals surface area contributed by atoms with Gasteiger partial charge in [-0.05, 0) is 18.2 Å². The average molecular weight is 310 g/mol. The van der Waals surface area contributed by atoms with Crippen LogP contribution in [0.15, 0.2) is 48.5 Å². The standard InChI is InChI=1S/C15H13F3N2O2/c16-11-6-2-3-7-12(11)20-15(21)19-9-10-5-1-4-8-13(10)22-14(17)18/h1-8,14H,9H2,(H2,19,20,21). The normalized spacial score (nSPS) is 10.4. The molecule has 116 valence electrons. The van der Waals surface area contributed by atoms with Crippen LogP contribution in [0.1, 0.15) is 5.56 Å². The van der Waals surface area contributed by atoms with E-state index in [1.54, 1.807) is 24.3 Å². The van der Waals surface area contributed by atoms with Crippen LogP contribution in [0.5, 0.6) is 5.75 Å². The Morgan fingerprint density at radius 2 is 1.77 bits per heavy atom. The maximum absolute atomic E-state index is 13.4. The molecule has 0 unspecified atom stereocenters. The number of alkyl halides is 2. The van der Waals surface area contributed by atoms with E-state index in [4.69, 9.17) is 0 Å². The van der Waals surface area contributed by atoms with Gasteiger partial charge in [0.1, 0.15) is 11.6 Å². The van der Waals surface area contributed by atoms with E-state index < -0.39 is 18.5 Å². The number of hydrogen-bond donors (Lipinski definition) is 2. The fourth-order valence-electron chi connectivity index (χ4n) is 1.77. The molecule has 22 heavy (non-hydrogen) atoms. The van der Waals surface area contributed by atoms with Gasteiger partial charge in [-0.1, -0.05) is 30.3 Å². The number of halogens is 3. The molecular weight excluding hydrogens is 297 g/mol. The van der Waals surface area contributed by atoms with E-state index in [2.05, 4.69) is 15.4 Å². The van der Waals surface area contributed by atoms with Crippen molar-refractivity contribution in [3.8, 4) is 5.75 Å². The molecule has 0 bridgehead atoms. The van der Waals surface area contributed by atoms with E-state index >= 15 is 0 Å². The van der Waals surface area contributed by atoms with Gasteiger partial charge >= 0.3 is 12.6 Å². The molecule has 0 fully saturated rings. The summed E-state index contributed by atoms with van der Waals surface area (Å²) in [6.45, 7) is -2.99. The molecule has 0 heterocycles. The summed E-state index contributed by atoms with van der Waals surface area (Å²) in [7, 11) is 0. The molecule has 0 aromatic heterocycles. The molecule has 2 aromatic rings. The third kappa shape index (κ3) is 4.41. The Morgan fingerprint density at radius 3 is 2.50 bits per heavy atom. The van der Waals surface area contributed by atoms with Crippen LogP contribution in [0.25, 0.3) is 0 Å². The summed E-state index contributed by atoms with van der Waals surface area (Å²) in [4.78, 5) is 11.7. The fraction of sp³-hybridized carbons (Fsp3) is 0.133. The molecule has 2 amide bonds. The van der Waals surface area contributed by atoms with E-state index in [0.29, 0.717) is 5.56 Å². The number of anilines is 1. The minimum absolute atomic E-state index is 0.0244. The van der Waals surface area contributed by atoms with Gasteiger partial charge in [-0.15, -0.1) is 0 Å². The van der Waals surface area contributed by atoms with Crippen LogP contribution in [-0.2, 0) is 6.54 Å². The maximum Gasteiger partial charge on any atom is 0.387 e. The molecule has 0 saturated heterocycles. The zero-order valence-electron chi connectivity index (χ0n) is 11.4. The lowest BCUT2D eigenvalue weighted by Gasteiger charge is -2.12. The number of hydrogen-bond acceptors (Lipinski definition) is 2. The number of ether oxygens (including phenoxy) is 1. The SMILES string of the molecule is O=C(NCc1ccccc1OC(F)F)Nc1ccccc1F. The summed E-state index contributed by atoms with van der Waals surface area (Å²) in [6.07, 6.45) is 0. The maximum atomic E-state index is 13.4. The van der Waals surface area contributed by atoms with Crippen LogP contribution >= 0.6 is 0 Å². The molecule has 0 aliphatic heterocycles. The first-order valence-electron chi connectivity index (χ1n) is 6.38. The van der Waals surface area contributed by atoms with Crippen LogP contribution in [0.4, 0.5) is 23.7 Å². The second kappa shape index (κ2) is 7.35. The number of carbonyl (C=O) groups is 1. The van der Waals surface area contributed by atoms with Crippen LogP contribution in [0, 0.1) is 5.82 Å². The summed E-state index contributed by atoms with van der Waals surface area (Å²) in [5, 5.41) is 4.77. The predicted molar refractivity (Wildman–Crippen MR) is 75.3 cm³/mol. The lowest BCUT2D eigenvalue weighted by Crippen LogP contribution is -2.28. The Bertz CT molecular complexity index is 650. The molecule has 2 aromatic carbocycles. The summed E-state index contributed by atoms with van der Waals surface area (Å²) in [5.41, 5.74) is 0.406. The van der Waals surface area contributed by atoms with Gasteiger partial charge in [0.2, 0.25) is 0 Å². The molecule has 4 nitrogen and oxygen atoms in total. The molecule has 0 aliphatic carbocycles. The van der Waals surface area contributed by atoms with Gasteiger partial charge in [0.25, 0.3) is 0 Å². The summed E-state index contributed by atoms with van der Waals surface area (Å²) < 4.78 is 42.3. The lowest BCUT2D eigenvalue weighted by atomic mass is 10.2. The average Bonchev–Trinajstić information content (AvgIpc) is 2.48. The molecule has 2 rings (SSSR count). The third-order valence-corrected chi connectivity index (χ3v) is 2.75. The molecule has 7 heteroatoms. The lowest BCUT2D eigenvalue weighted by molar-refractivity contribution is -0.0504. The Balaban J connectivity index is 1.95. The minimum Gasteiger partial charge on any atom is -0.434 e. The zero-order valence-corrected chi connectivity index (χ0v) is 11.4. The highest BCUT2D eigenvalue weighted by Gasteiger charge is 2.10. The first-order valence-corrected chi connectivity index (χ1v) is 6.38. The third-order valence-electron chi connectivity index (χ3n) is 2.75. The van der Waals surface area contributed by atoms with Crippen molar-refractivity contribution in [2.45, 2.75) is 13.2 Å². The van der Waals surface area contributed by atoms with Crippen molar-refractivity contribution < 1.29 is 22.7 Å². The smallest absolute Gasteiger partial charge is 0.387 e. The van der Waals surface area contributed by atoms with E-state index in [-0.39, 0.29) is 18.0 Å². The van der Waals surface area contributed by atoms with Crippen molar-refractivity contribution in [1.82, 2.24) is 5.32 Å². The Kier molecular flexibility index (Phi) is 5.24. The molecule has 0 radical (unpaired) electrons. The fourth-order valence-corrected chi connectivity index (χ4v) is 1.77. The van der Waals surface area contributed by atoms with Gasteiger partial charge in [0.05, 0.1) is 5.69 Å². The number of carbonyl (C=O) groups excluding carboxylic acids is 1. The van der Waals surface area contributed by atoms with Gasteiger partial charge < -0.3 is 15.4 Å². The molecule has 0 spiro atoms. The largest absolute Gasteiger partial charge is 0.434 e. The van der Waals surface area contributed by atoms with E-state index in [1.165, 1.54) is 24.3 Å². The van der Waals surface area contributed by atoms with Gasteiger partial charge in [-0.2, -0.15) is 8.78 Å². The van der Waals surface area contributed by atoms with Crippen LogP contribution in [-0.4, -0.2) is 12.6 Å². The summed E-state index contributed by atoms with van der Waals surface area (Å²) in [6, 6.07) is 11.1. The highest BCUT2D eigenvalue weighted by atomic mass is 19.3. The second-order valence-corrected chi connectivity index (χ2v) is 4.27. The van der Waals surface area contributed by atoms with Crippen molar-refractivity contribution in [3.05, 3.63) is 59.9 Å². The molecule has 0 atom stereocenters. The Morgan fingerprint density at radius 1 is 1.09 bits per heavy atom. The van der Waals surface area contributed by atoms with E-state index in [1.807, 2.05) is 0 Å². The van der Waals surface area contributed by atoms with Crippen molar-refractivity contribution in [3.63, 3.8) is 0 Å². The summed E-state index contributed by atoms with van der Waals surface area (Å²) in [5.74, 6) is -0.595. The van der Waals surface area contributed by atoms with Crippen LogP contribution in [0.2, 0.25) is 0 Å². The van der Waals surface area contributed by atoms with Crippen LogP contribution < -0.4 is 15.4 Å². The first kappa shape index (κ1) is 15.7. The van der Waals surface area contributed by atoms with Gasteiger partial charge in [-0.3, -0.25) is 0 Å². The number of nitrogens with one attached hydrogen (secondary N) is 2. The monoisotopic (exact) mass is 310 g/mol. The quantitative estimate of drug-likeness (QED) is 0.883. The molecule has 0 saturated carbocycles. The van der Waals surface area contributed by atoms with Crippen LogP contribution in [0.3, 0.4) is 0 Å². The number of rotatable bonds is 5. The molecule has 2 N–H and O–H groups in total. The number of amides is 2. The van der Waals surface area contributed by atoms with E-state index in [9.17, 15) is 18.0 Å². The highest BCUT2D eigenvalue weighted by Crippen LogP contribution is 2.20. The predicted octanol–water partition coefficient (Wildman–Crippen LogP) is 3.75. The van der Waals surface area contributed by atoms with Crippen molar-refractivity contribution in [2.24, 2.45) is 0 Å². The topological polar surface area (TPSA) is 50.4 Å². The second-order valence-electron chi connectivity index (χ2n) is 4.27. The zero-order chi connectivity index (χ0) is 15.9. The minimum atomic E-state index is -2.95. The van der Waals surface area contributed by atoms with Gasteiger partial charge in [0, 0.05) is 12.1 Å². The van der Waals surface area contributed by atoms with Crippen molar-refractivity contribution in [2.75, 3.05) is 5.32 Å². The van der Waals surface area contributed by atoms with Crippen molar-refractivity contribution >= 4 is 11.7 Å². The Labute approximate surface area is 124 Å². The van der Waals surface area contributed by atoms with Crippen molar-refractivity contribution in [1.29, 1.82) is 0 Å². The van der Waals surface area contributed by atoms with Gasteiger partial charge in [-0.25, -0.2) is 9.18 Å².